The Morgan fingerprint density at radius 3 is 2.65 bits per heavy atom. The van der Waals surface area contributed by atoms with Crippen LogP contribution in [0.5, 0.6) is 0 Å². The Bertz CT molecular complexity index is 620. The second kappa shape index (κ2) is 7.73. The molecule has 1 N–H and O–H groups in total. The van der Waals surface area contributed by atoms with E-state index >= 15 is 0 Å². The zero-order valence-corrected chi connectivity index (χ0v) is 15.8. The van der Waals surface area contributed by atoms with Crippen molar-refractivity contribution in [1.82, 2.24) is 20.1 Å². The van der Waals surface area contributed by atoms with Crippen LogP contribution in [0.2, 0.25) is 0 Å². The van der Waals surface area contributed by atoms with Crippen LogP contribution >= 0.6 is 0 Å². The van der Waals surface area contributed by atoms with Crippen LogP contribution in [0.25, 0.3) is 0 Å². The zero-order chi connectivity index (χ0) is 18.7. The van der Waals surface area contributed by atoms with E-state index < -0.39 is 0 Å². The third kappa shape index (κ3) is 4.06. The number of carbonyl (C=O) groups excluding carboxylic acids is 3. The second-order valence-electron chi connectivity index (χ2n) is 7.74. The quantitative estimate of drug-likeness (QED) is 0.776. The third-order valence-electron chi connectivity index (χ3n) is 6.10. The molecule has 0 radical (unpaired) electrons. The van der Waals surface area contributed by atoms with Crippen molar-refractivity contribution in [3.05, 3.63) is 0 Å². The highest BCUT2D eigenvalue weighted by atomic mass is 16.2. The summed E-state index contributed by atoms with van der Waals surface area (Å²) in [5.74, 6) is 0.269. The summed E-state index contributed by atoms with van der Waals surface area (Å²) in [4.78, 5) is 42.0. The molecule has 3 aliphatic heterocycles. The van der Waals surface area contributed by atoms with E-state index in [4.69, 9.17) is 0 Å². The number of hydrogen-bond donors (Lipinski definition) is 1. The first-order chi connectivity index (χ1) is 12.4. The van der Waals surface area contributed by atoms with Gasteiger partial charge in [-0.2, -0.15) is 5.10 Å². The van der Waals surface area contributed by atoms with Crippen molar-refractivity contribution >= 4 is 23.4 Å². The Morgan fingerprint density at radius 2 is 1.92 bits per heavy atom. The van der Waals surface area contributed by atoms with Gasteiger partial charge in [0.05, 0.1) is 0 Å². The fourth-order valence-electron chi connectivity index (χ4n) is 4.07. The van der Waals surface area contributed by atoms with Crippen LogP contribution in [-0.2, 0) is 14.4 Å². The van der Waals surface area contributed by atoms with Crippen molar-refractivity contribution in [2.45, 2.75) is 50.5 Å². The number of carbonyl (C=O) groups is 3. The minimum atomic E-state index is -0.106. The summed E-state index contributed by atoms with van der Waals surface area (Å²) >= 11 is 0. The molecule has 2 saturated heterocycles. The minimum absolute atomic E-state index is 0.0611. The molecule has 0 aromatic rings. The summed E-state index contributed by atoms with van der Waals surface area (Å²) in [7, 11) is 3.97. The fourth-order valence-corrected chi connectivity index (χ4v) is 4.07. The van der Waals surface area contributed by atoms with Crippen molar-refractivity contribution in [1.29, 1.82) is 0 Å². The molecular formula is C18H29N5O3. The molecule has 2 fully saturated rings. The molecule has 0 aromatic heterocycles. The van der Waals surface area contributed by atoms with Crippen LogP contribution < -0.4 is 5.43 Å². The maximum Gasteiger partial charge on any atom is 0.240 e. The van der Waals surface area contributed by atoms with E-state index in [1.54, 1.807) is 4.90 Å². The summed E-state index contributed by atoms with van der Waals surface area (Å²) < 4.78 is 0. The molecule has 0 unspecified atom stereocenters. The van der Waals surface area contributed by atoms with E-state index in [0.717, 1.165) is 38.2 Å². The molecule has 26 heavy (non-hydrogen) atoms. The molecule has 0 aliphatic carbocycles. The van der Waals surface area contributed by atoms with Crippen LogP contribution in [0.4, 0.5) is 0 Å². The summed E-state index contributed by atoms with van der Waals surface area (Å²) in [6.45, 7) is 2.99. The van der Waals surface area contributed by atoms with Crippen LogP contribution in [0.1, 0.15) is 44.9 Å². The average molecular weight is 363 g/mol. The molecule has 0 bridgehead atoms. The van der Waals surface area contributed by atoms with Crippen molar-refractivity contribution in [3.63, 3.8) is 0 Å². The molecule has 0 saturated carbocycles. The maximum atomic E-state index is 12.7. The molecule has 144 valence electrons. The number of piperazine rings is 1. The Labute approximate surface area is 154 Å². The van der Waals surface area contributed by atoms with Gasteiger partial charge in [0.25, 0.3) is 0 Å². The van der Waals surface area contributed by atoms with E-state index in [-0.39, 0.29) is 23.3 Å². The lowest BCUT2D eigenvalue weighted by Crippen LogP contribution is -2.62. The van der Waals surface area contributed by atoms with E-state index in [0.29, 0.717) is 38.6 Å². The summed E-state index contributed by atoms with van der Waals surface area (Å²) in [6.07, 6.45) is 4.35. The van der Waals surface area contributed by atoms with Gasteiger partial charge in [-0.15, -0.1) is 0 Å². The Kier molecular flexibility index (Phi) is 5.60. The van der Waals surface area contributed by atoms with E-state index in [1.165, 1.54) is 0 Å². The van der Waals surface area contributed by atoms with Crippen LogP contribution in [-0.4, -0.2) is 83.9 Å². The van der Waals surface area contributed by atoms with Gasteiger partial charge in [-0.25, -0.2) is 5.43 Å². The summed E-state index contributed by atoms with van der Waals surface area (Å²) in [5.41, 5.74) is 3.27. The van der Waals surface area contributed by atoms with Gasteiger partial charge >= 0.3 is 0 Å². The highest BCUT2D eigenvalue weighted by Gasteiger charge is 2.42. The van der Waals surface area contributed by atoms with E-state index in [9.17, 15) is 14.4 Å². The number of nitrogens with one attached hydrogen (secondary N) is 1. The molecule has 3 rings (SSSR count). The van der Waals surface area contributed by atoms with Gasteiger partial charge in [-0.3, -0.25) is 19.3 Å². The van der Waals surface area contributed by atoms with Crippen molar-refractivity contribution in [2.75, 3.05) is 40.3 Å². The van der Waals surface area contributed by atoms with Crippen molar-refractivity contribution in [3.8, 4) is 0 Å². The zero-order valence-electron chi connectivity index (χ0n) is 15.8. The molecule has 8 heteroatoms. The number of hydrogen-bond acceptors (Lipinski definition) is 5. The Hall–Kier alpha value is -1.96. The predicted octanol–water partition coefficient (Wildman–Crippen LogP) is 0.188. The van der Waals surface area contributed by atoms with Crippen molar-refractivity contribution in [2.24, 2.45) is 5.10 Å². The standard InChI is InChI=1S/C18H29N5O3/c1-21-10-9-18(8-7-16(21)25)13-23(12-11-22(18)2)17(26)6-4-14-3-5-15(24)20-19-14/h3-13H2,1-2H3,(H,20,24)/t18-/m0/s1. The lowest BCUT2D eigenvalue weighted by atomic mass is 9.86. The number of hydrazone groups is 1. The number of rotatable bonds is 3. The maximum absolute atomic E-state index is 12.7. The third-order valence-corrected chi connectivity index (χ3v) is 6.10. The number of nitrogens with zero attached hydrogens (tertiary/aromatic N) is 4. The number of likely N-dealkylation sites (tertiary alicyclic amines) is 1. The van der Waals surface area contributed by atoms with E-state index in [2.05, 4.69) is 22.5 Å². The number of amides is 3. The molecule has 0 aromatic carbocycles. The first-order valence-electron chi connectivity index (χ1n) is 9.47. The van der Waals surface area contributed by atoms with Gasteiger partial charge in [0.15, 0.2) is 0 Å². The topological polar surface area (TPSA) is 85.3 Å². The van der Waals surface area contributed by atoms with Gasteiger partial charge in [0, 0.05) is 63.7 Å². The first-order valence-corrected chi connectivity index (χ1v) is 9.47. The fraction of sp³-hybridized carbons (Fsp3) is 0.778. The highest BCUT2D eigenvalue weighted by Crippen LogP contribution is 2.32. The molecule has 1 atom stereocenters. The highest BCUT2D eigenvalue weighted by molar-refractivity contribution is 5.94. The lowest BCUT2D eigenvalue weighted by molar-refractivity contribution is -0.136. The lowest BCUT2D eigenvalue weighted by Gasteiger charge is -2.49. The van der Waals surface area contributed by atoms with Gasteiger partial charge in [0.1, 0.15) is 0 Å². The second-order valence-corrected chi connectivity index (χ2v) is 7.74. The number of likely N-dealkylation sites (N-methyl/N-ethyl adjacent to an activating group) is 1. The first kappa shape index (κ1) is 18.8. The Morgan fingerprint density at radius 1 is 1.12 bits per heavy atom. The van der Waals surface area contributed by atoms with E-state index in [1.807, 2.05) is 11.9 Å². The molecule has 3 heterocycles. The normalized spacial score (nSPS) is 28.0. The SMILES string of the molecule is CN1CC[C@@]2(CCC1=O)CN(C(=O)CCC1=NNC(=O)CC1)CCN2C. The van der Waals surface area contributed by atoms with Crippen LogP contribution in [0.3, 0.4) is 0 Å². The van der Waals surface area contributed by atoms with Gasteiger partial charge in [0.2, 0.25) is 17.7 Å². The molecular weight excluding hydrogens is 334 g/mol. The molecule has 3 aliphatic rings. The summed E-state index contributed by atoms with van der Waals surface area (Å²) in [5, 5.41) is 4.05. The Balaban J connectivity index is 1.59. The molecule has 1 spiro atoms. The summed E-state index contributed by atoms with van der Waals surface area (Å²) in [6, 6.07) is 0. The van der Waals surface area contributed by atoms with Crippen molar-refractivity contribution < 1.29 is 14.4 Å². The molecule has 3 amide bonds. The van der Waals surface area contributed by atoms with Gasteiger partial charge in [-0.05, 0) is 32.7 Å². The van der Waals surface area contributed by atoms with Gasteiger partial charge < -0.3 is 9.80 Å². The monoisotopic (exact) mass is 363 g/mol. The predicted molar refractivity (Wildman–Crippen MR) is 97.5 cm³/mol. The van der Waals surface area contributed by atoms with Crippen LogP contribution in [0.15, 0.2) is 5.10 Å². The smallest absolute Gasteiger partial charge is 0.240 e. The van der Waals surface area contributed by atoms with Crippen LogP contribution in [0, 0.1) is 0 Å². The average Bonchev–Trinajstić information content (AvgIpc) is 2.78. The van der Waals surface area contributed by atoms with Gasteiger partial charge in [-0.1, -0.05) is 0 Å². The largest absolute Gasteiger partial charge is 0.346 e. The molecule has 8 nitrogen and oxygen atoms in total. The minimum Gasteiger partial charge on any atom is -0.346 e.